The van der Waals surface area contributed by atoms with Crippen molar-refractivity contribution in [3.05, 3.63) is 112 Å². The number of anilines is 1. The molecule has 4 aromatic rings. The highest BCUT2D eigenvalue weighted by molar-refractivity contribution is 9.10. The third kappa shape index (κ3) is 4.87. The number of rotatable bonds is 6. The van der Waals surface area contributed by atoms with Crippen LogP contribution in [0, 0.1) is 11.3 Å². The zero-order valence-corrected chi connectivity index (χ0v) is 19.5. The molecule has 0 saturated heterocycles. The first-order valence-corrected chi connectivity index (χ1v) is 11.5. The molecule has 0 unspecified atom stereocenters. The molecule has 1 aliphatic heterocycles. The lowest BCUT2D eigenvalue weighted by molar-refractivity contribution is 0.479. The van der Waals surface area contributed by atoms with Gasteiger partial charge >= 0.3 is 0 Å². The second kappa shape index (κ2) is 9.40. The Hall–Kier alpha value is -3.75. The van der Waals surface area contributed by atoms with Gasteiger partial charge < -0.3 is 14.4 Å². The molecule has 0 aromatic heterocycles. The van der Waals surface area contributed by atoms with E-state index in [0.29, 0.717) is 11.3 Å². The van der Waals surface area contributed by atoms with Gasteiger partial charge in [-0.1, -0.05) is 30.3 Å². The van der Waals surface area contributed by atoms with Crippen LogP contribution in [-0.4, -0.2) is 6.54 Å². The molecule has 4 nitrogen and oxygen atoms in total. The molecule has 33 heavy (non-hydrogen) atoms. The lowest BCUT2D eigenvalue weighted by Gasteiger charge is -2.20. The van der Waals surface area contributed by atoms with Gasteiger partial charge in [0.1, 0.15) is 23.0 Å². The summed E-state index contributed by atoms with van der Waals surface area (Å²) in [6, 6.07) is 31.8. The number of benzene rings is 4. The van der Waals surface area contributed by atoms with Crippen LogP contribution in [0.15, 0.2) is 95.5 Å². The monoisotopic (exact) mass is 496 g/mol. The fourth-order valence-electron chi connectivity index (χ4n) is 3.96. The molecule has 5 heteroatoms. The van der Waals surface area contributed by atoms with E-state index >= 15 is 0 Å². The summed E-state index contributed by atoms with van der Waals surface area (Å²) in [7, 11) is 0. The standard InChI is InChI=1S/C28H21BrN2O2/c29-26-16-21(18-30)8-13-28(26)33-25-11-12-27-22(17-25)14-15-31(27)19-20-6-9-24(10-7-20)32-23-4-2-1-3-5-23/h1-13,16-17H,14-15,19H2. The van der Waals surface area contributed by atoms with Crippen molar-refractivity contribution in [3.8, 4) is 29.1 Å². The molecule has 0 fully saturated rings. The van der Waals surface area contributed by atoms with E-state index in [4.69, 9.17) is 14.7 Å². The Morgan fingerprint density at radius 3 is 2.33 bits per heavy atom. The summed E-state index contributed by atoms with van der Waals surface area (Å²) < 4.78 is 12.7. The lowest BCUT2D eigenvalue weighted by atomic mass is 10.1. The summed E-state index contributed by atoms with van der Waals surface area (Å²) in [5, 5.41) is 9.03. The average Bonchev–Trinajstić information content (AvgIpc) is 3.24. The molecule has 1 heterocycles. The molecule has 5 rings (SSSR count). The Balaban J connectivity index is 1.25. The van der Waals surface area contributed by atoms with Gasteiger partial charge in [-0.05, 0) is 94.1 Å². The van der Waals surface area contributed by atoms with Gasteiger partial charge in [0, 0.05) is 18.8 Å². The minimum atomic E-state index is 0.596. The second-order valence-electron chi connectivity index (χ2n) is 7.88. The van der Waals surface area contributed by atoms with Crippen molar-refractivity contribution >= 4 is 21.6 Å². The first-order valence-electron chi connectivity index (χ1n) is 10.8. The fourth-order valence-corrected chi connectivity index (χ4v) is 4.42. The highest BCUT2D eigenvalue weighted by Crippen LogP contribution is 2.36. The van der Waals surface area contributed by atoms with Crippen LogP contribution in [0.4, 0.5) is 5.69 Å². The van der Waals surface area contributed by atoms with E-state index in [1.807, 2.05) is 54.6 Å². The Kier molecular flexibility index (Phi) is 6.01. The summed E-state index contributed by atoms with van der Waals surface area (Å²) in [6.07, 6.45) is 0.982. The smallest absolute Gasteiger partial charge is 0.141 e. The maximum Gasteiger partial charge on any atom is 0.141 e. The van der Waals surface area contributed by atoms with E-state index in [2.05, 4.69) is 51.2 Å². The number of nitrogens with zero attached hydrogens (tertiary/aromatic N) is 2. The molecule has 4 aromatic carbocycles. The highest BCUT2D eigenvalue weighted by atomic mass is 79.9. The van der Waals surface area contributed by atoms with Crippen molar-refractivity contribution in [2.24, 2.45) is 0 Å². The van der Waals surface area contributed by atoms with E-state index in [1.165, 1.54) is 16.8 Å². The number of fused-ring (bicyclic) bond motifs is 1. The molecule has 0 bridgehead atoms. The molecule has 0 radical (unpaired) electrons. The summed E-state index contributed by atoms with van der Waals surface area (Å²) in [4.78, 5) is 2.39. The van der Waals surface area contributed by atoms with Gasteiger partial charge in [0.05, 0.1) is 16.1 Å². The number of para-hydroxylation sites is 1. The van der Waals surface area contributed by atoms with Crippen LogP contribution in [0.3, 0.4) is 0 Å². The summed E-state index contributed by atoms with van der Waals surface area (Å²) in [5.41, 5.74) is 4.36. The maximum absolute atomic E-state index is 9.03. The van der Waals surface area contributed by atoms with Crippen molar-refractivity contribution in [2.75, 3.05) is 11.4 Å². The van der Waals surface area contributed by atoms with Gasteiger partial charge in [-0.2, -0.15) is 5.26 Å². The number of halogens is 1. The average molecular weight is 497 g/mol. The summed E-state index contributed by atoms with van der Waals surface area (Å²) >= 11 is 3.48. The van der Waals surface area contributed by atoms with E-state index < -0.39 is 0 Å². The van der Waals surface area contributed by atoms with Gasteiger partial charge in [0.2, 0.25) is 0 Å². The van der Waals surface area contributed by atoms with Crippen LogP contribution in [0.5, 0.6) is 23.0 Å². The van der Waals surface area contributed by atoms with Gasteiger partial charge in [0.25, 0.3) is 0 Å². The zero-order valence-electron chi connectivity index (χ0n) is 17.9. The third-order valence-corrected chi connectivity index (χ3v) is 6.23. The Labute approximate surface area is 201 Å². The normalized spacial score (nSPS) is 12.2. The van der Waals surface area contributed by atoms with Gasteiger partial charge in [-0.3, -0.25) is 0 Å². The van der Waals surface area contributed by atoms with Crippen molar-refractivity contribution in [1.82, 2.24) is 0 Å². The van der Waals surface area contributed by atoms with Crippen LogP contribution in [0.25, 0.3) is 0 Å². The van der Waals surface area contributed by atoms with Crippen LogP contribution in [-0.2, 0) is 13.0 Å². The molecule has 0 saturated carbocycles. The second-order valence-corrected chi connectivity index (χ2v) is 8.73. The number of hydrogen-bond donors (Lipinski definition) is 0. The molecular formula is C28H21BrN2O2. The lowest BCUT2D eigenvalue weighted by Crippen LogP contribution is -2.19. The molecule has 0 atom stereocenters. The van der Waals surface area contributed by atoms with E-state index in [0.717, 1.165) is 41.2 Å². The minimum Gasteiger partial charge on any atom is -0.457 e. The largest absolute Gasteiger partial charge is 0.457 e. The Bertz CT molecular complexity index is 1310. The highest BCUT2D eigenvalue weighted by Gasteiger charge is 2.20. The van der Waals surface area contributed by atoms with Gasteiger partial charge in [-0.25, -0.2) is 0 Å². The third-order valence-electron chi connectivity index (χ3n) is 5.61. The van der Waals surface area contributed by atoms with E-state index in [1.54, 1.807) is 12.1 Å². The number of hydrogen-bond acceptors (Lipinski definition) is 4. The fraction of sp³-hybridized carbons (Fsp3) is 0.107. The molecular weight excluding hydrogens is 476 g/mol. The van der Waals surface area contributed by atoms with E-state index in [9.17, 15) is 0 Å². The zero-order chi connectivity index (χ0) is 22.6. The molecule has 0 aliphatic carbocycles. The predicted molar refractivity (Wildman–Crippen MR) is 133 cm³/mol. The topological polar surface area (TPSA) is 45.5 Å². The van der Waals surface area contributed by atoms with Gasteiger partial charge in [-0.15, -0.1) is 0 Å². The van der Waals surface area contributed by atoms with Gasteiger partial charge in [0.15, 0.2) is 0 Å². The SMILES string of the molecule is N#Cc1ccc(Oc2ccc3c(c2)CCN3Cc2ccc(Oc3ccccc3)cc2)c(Br)c1. The van der Waals surface area contributed by atoms with Crippen LogP contribution < -0.4 is 14.4 Å². The van der Waals surface area contributed by atoms with E-state index in [-0.39, 0.29) is 0 Å². The van der Waals surface area contributed by atoms with Crippen LogP contribution in [0.2, 0.25) is 0 Å². The molecule has 162 valence electrons. The van der Waals surface area contributed by atoms with Crippen molar-refractivity contribution in [3.63, 3.8) is 0 Å². The van der Waals surface area contributed by atoms with Crippen molar-refractivity contribution in [1.29, 1.82) is 5.26 Å². The minimum absolute atomic E-state index is 0.596. The first-order chi connectivity index (χ1) is 16.2. The van der Waals surface area contributed by atoms with Crippen molar-refractivity contribution < 1.29 is 9.47 Å². The summed E-state index contributed by atoms with van der Waals surface area (Å²) in [6.45, 7) is 1.82. The molecule has 0 amide bonds. The first kappa shape index (κ1) is 21.1. The molecule has 1 aliphatic rings. The van der Waals surface area contributed by atoms with Crippen LogP contribution in [0.1, 0.15) is 16.7 Å². The van der Waals surface area contributed by atoms with Crippen LogP contribution >= 0.6 is 15.9 Å². The number of ether oxygens (including phenoxy) is 2. The number of nitriles is 1. The van der Waals surface area contributed by atoms with Crippen molar-refractivity contribution in [2.45, 2.75) is 13.0 Å². The maximum atomic E-state index is 9.03. The predicted octanol–water partition coefficient (Wildman–Crippen LogP) is 7.47. The Morgan fingerprint density at radius 1 is 0.818 bits per heavy atom. The summed E-state index contributed by atoms with van der Waals surface area (Å²) in [5.74, 6) is 3.16. The Morgan fingerprint density at radius 2 is 1.58 bits per heavy atom. The molecule has 0 spiro atoms. The quantitative estimate of drug-likeness (QED) is 0.277. The molecule has 0 N–H and O–H groups in total.